The van der Waals surface area contributed by atoms with E-state index in [-0.39, 0.29) is 16.4 Å². The van der Waals surface area contributed by atoms with Gasteiger partial charge in [0.1, 0.15) is 5.69 Å². The third kappa shape index (κ3) is 4.14. The van der Waals surface area contributed by atoms with Crippen LogP contribution in [0.15, 0.2) is 53.9 Å². The zero-order chi connectivity index (χ0) is 19.6. The molecule has 0 fully saturated rings. The highest BCUT2D eigenvalue weighted by Gasteiger charge is 2.30. The first-order valence-electron chi connectivity index (χ1n) is 7.59. The average molecular weight is 391 g/mol. The number of benzene rings is 2. The maximum atomic E-state index is 12.7. The van der Waals surface area contributed by atoms with Crippen LogP contribution < -0.4 is 11.1 Å². The van der Waals surface area contributed by atoms with Crippen LogP contribution in [0.5, 0.6) is 0 Å². The fourth-order valence-corrected chi connectivity index (χ4v) is 3.08. The van der Waals surface area contributed by atoms with Crippen molar-refractivity contribution in [3.05, 3.63) is 70.7 Å². The zero-order valence-electron chi connectivity index (χ0n) is 13.6. The molecule has 27 heavy (non-hydrogen) atoms. The van der Waals surface area contributed by atoms with Gasteiger partial charge in [0.05, 0.1) is 5.56 Å². The van der Waals surface area contributed by atoms with Gasteiger partial charge in [-0.2, -0.15) is 13.2 Å². The minimum atomic E-state index is -4.43. The quantitative estimate of drug-likeness (QED) is 0.700. The van der Waals surface area contributed by atoms with Crippen molar-refractivity contribution in [3.63, 3.8) is 0 Å². The van der Waals surface area contributed by atoms with E-state index in [4.69, 9.17) is 5.73 Å². The molecule has 1 heterocycles. The van der Waals surface area contributed by atoms with Crippen LogP contribution in [0.25, 0.3) is 11.1 Å². The van der Waals surface area contributed by atoms with E-state index in [1.165, 1.54) is 17.5 Å². The number of thiazole rings is 1. The summed E-state index contributed by atoms with van der Waals surface area (Å²) in [5, 5.41) is 4.17. The number of primary amides is 1. The second kappa shape index (κ2) is 7.20. The molecule has 138 valence electrons. The Labute approximate surface area is 155 Å². The molecular weight excluding hydrogens is 379 g/mol. The lowest BCUT2D eigenvalue weighted by molar-refractivity contribution is -0.137. The predicted octanol–water partition coefficient (Wildman–Crippen LogP) is 4.18. The topological polar surface area (TPSA) is 85.1 Å². The van der Waals surface area contributed by atoms with Crippen molar-refractivity contribution in [2.24, 2.45) is 5.73 Å². The standard InChI is InChI=1S/C18H12F3N3O2S/c19-18(20,21)11-7-5-10(6-8-11)12-3-1-2-4-13(12)16(26)24-17-23-14(9-27-17)15(22)25/h1-9H,(H2,22,25)(H,23,24,26). The summed E-state index contributed by atoms with van der Waals surface area (Å²) in [6, 6.07) is 11.0. The van der Waals surface area contributed by atoms with E-state index >= 15 is 0 Å². The molecule has 0 bridgehead atoms. The van der Waals surface area contributed by atoms with E-state index in [1.807, 2.05) is 0 Å². The number of anilines is 1. The molecule has 2 amide bonds. The summed E-state index contributed by atoms with van der Waals surface area (Å²) in [4.78, 5) is 27.6. The van der Waals surface area contributed by atoms with Gasteiger partial charge in [0.25, 0.3) is 11.8 Å². The van der Waals surface area contributed by atoms with E-state index < -0.39 is 23.6 Å². The number of hydrogen-bond acceptors (Lipinski definition) is 4. The van der Waals surface area contributed by atoms with Gasteiger partial charge in [-0.25, -0.2) is 4.98 Å². The molecule has 1 aromatic heterocycles. The lowest BCUT2D eigenvalue weighted by atomic mass is 9.98. The molecule has 9 heteroatoms. The number of hydrogen-bond donors (Lipinski definition) is 2. The van der Waals surface area contributed by atoms with Crippen molar-refractivity contribution in [2.75, 3.05) is 5.32 Å². The maximum absolute atomic E-state index is 12.7. The SMILES string of the molecule is NC(=O)c1csc(NC(=O)c2ccccc2-c2ccc(C(F)(F)F)cc2)n1. The molecule has 5 nitrogen and oxygen atoms in total. The summed E-state index contributed by atoms with van der Waals surface area (Å²) in [5.41, 5.74) is 5.58. The van der Waals surface area contributed by atoms with E-state index in [9.17, 15) is 22.8 Å². The number of rotatable bonds is 4. The molecule has 0 unspecified atom stereocenters. The first kappa shape index (κ1) is 18.6. The van der Waals surface area contributed by atoms with Gasteiger partial charge < -0.3 is 5.73 Å². The van der Waals surface area contributed by atoms with E-state index in [1.54, 1.807) is 24.3 Å². The molecule has 0 aliphatic carbocycles. The number of aromatic nitrogens is 1. The van der Waals surface area contributed by atoms with Crippen LogP contribution in [0.3, 0.4) is 0 Å². The van der Waals surface area contributed by atoms with Gasteiger partial charge in [-0.15, -0.1) is 11.3 Å². The van der Waals surface area contributed by atoms with Gasteiger partial charge in [-0.1, -0.05) is 30.3 Å². The number of nitrogens with two attached hydrogens (primary N) is 1. The molecule has 0 aliphatic rings. The van der Waals surface area contributed by atoms with Gasteiger partial charge in [0.2, 0.25) is 0 Å². The van der Waals surface area contributed by atoms with E-state index in [0.29, 0.717) is 11.1 Å². The van der Waals surface area contributed by atoms with Crippen molar-refractivity contribution in [2.45, 2.75) is 6.18 Å². The normalized spacial score (nSPS) is 11.2. The molecular formula is C18H12F3N3O2S. The Hall–Kier alpha value is -3.20. The number of alkyl halides is 3. The van der Waals surface area contributed by atoms with Crippen molar-refractivity contribution in [1.82, 2.24) is 4.98 Å². The van der Waals surface area contributed by atoms with Crippen LogP contribution in [0.2, 0.25) is 0 Å². The smallest absolute Gasteiger partial charge is 0.364 e. The summed E-state index contributed by atoms with van der Waals surface area (Å²) in [7, 11) is 0. The third-order valence-electron chi connectivity index (χ3n) is 3.67. The van der Waals surface area contributed by atoms with Crippen LogP contribution in [0.1, 0.15) is 26.4 Å². The fraction of sp³-hybridized carbons (Fsp3) is 0.0556. The molecule has 3 aromatic rings. The van der Waals surface area contributed by atoms with Crippen LogP contribution in [0.4, 0.5) is 18.3 Å². The minimum absolute atomic E-state index is 0.0336. The first-order chi connectivity index (χ1) is 12.8. The monoisotopic (exact) mass is 391 g/mol. The number of carbonyl (C=O) groups excluding carboxylic acids is 2. The Morgan fingerprint density at radius 3 is 2.30 bits per heavy atom. The number of carbonyl (C=O) groups is 2. The van der Waals surface area contributed by atoms with Gasteiger partial charge >= 0.3 is 6.18 Å². The van der Waals surface area contributed by atoms with E-state index in [2.05, 4.69) is 10.3 Å². The third-order valence-corrected chi connectivity index (χ3v) is 4.43. The lowest BCUT2D eigenvalue weighted by Crippen LogP contribution is -2.14. The lowest BCUT2D eigenvalue weighted by Gasteiger charge is -2.11. The number of nitrogens with one attached hydrogen (secondary N) is 1. The second-order valence-electron chi connectivity index (χ2n) is 5.48. The van der Waals surface area contributed by atoms with Crippen LogP contribution >= 0.6 is 11.3 Å². The Balaban J connectivity index is 1.89. The molecule has 0 saturated carbocycles. The van der Waals surface area contributed by atoms with Crippen molar-refractivity contribution in [1.29, 1.82) is 0 Å². The Kier molecular flexibility index (Phi) is 4.95. The molecule has 3 N–H and O–H groups in total. The number of nitrogens with zero attached hydrogens (tertiary/aromatic N) is 1. The highest BCUT2D eigenvalue weighted by Crippen LogP contribution is 2.32. The summed E-state index contributed by atoms with van der Waals surface area (Å²) in [6.45, 7) is 0. The number of amides is 2. The van der Waals surface area contributed by atoms with Crippen molar-refractivity contribution >= 4 is 28.3 Å². The van der Waals surface area contributed by atoms with Gasteiger partial charge in [0.15, 0.2) is 5.13 Å². The summed E-state index contributed by atoms with van der Waals surface area (Å²) in [5.74, 6) is -1.22. The van der Waals surface area contributed by atoms with Crippen molar-refractivity contribution < 1.29 is 22.8 Å². The summed E-state index contributed by atoms with van der Waals surface area (Å²) < 4.78 is 38.2. The fourth-order valence-electron chi connectivity index (χ4n) is 2.38. The Morgan fingerprint density at radius 1 is 1.04 bits per heavy atom. The highest BCUT2D eigenvalue weighted by molar-refractivity contribution is 7.14. The maximum Gasteiger partial charge on any atom is 0.416 e. The molecule has 0 aliphatic heterocycles. The van der Waals surface area contributed by atoms with Gasteiger partial charge in [0, 0.05) is 10.9 Å². The highest BCUT2D eigenvalue weighted by atomic mass is 32.1. The second-order valence-corrected chi connectivity index (χ2v) is 6.34. The Bertz CT molecular complexity index is 998. The van der Waals surface area contributed by atoms with Gasteiger partial charge in [-0.05, 0) is 29.3 Å². The molecule has 0 atom stereocenters. The Morgan fingerprint density at radius 2 is 1.70 bits per heavy atom. The zero-order valence-corrected chi connectivity index (χ0v) is 14.4. The number of halogens is 3. The minimum Gasteiger partial charge on any atom is -0.364 e. The average Bonchev–Trinajstić information content (AvgIpc) is 3.10. The van der Waals surface area contributed by atoms with Crippen LogP contribution in [-0.2, 0) is 6.18 Å². The molecule has 0 radical (unpaired) electrons. The van der Waals surface area contributed by atoms with Gasteiger partial charge in [-0.3, -0.25) is 14.9 Å². The largest absolute Gasteiger partial charge is 0.416 e. The molecule has 3 rings (SSSR count). The van der Waals surface area contributed by atoms with Crippen molar-refractivity contribution in [3.8, 4) is 11.1 Å². The summed E-state index contributed by atoms with van der Waals surface area (Å²) >= 11 is 1.04. The van der Waals surface area contributed by atoms with Crippen LogP contribution in [-0.4, -0.2) is 16.8 Å². The molecule has 0 saturated heterocycles. The summed E-state index contributed by atoms with van der Waals surface area (Å²) in [6.07, 6.45) is -4.43. The predicted molar refractivity (Wildman–Crippen MR) is 95.5 cm³/mol. The molecule has 0 spiro atoms. The first-order valence-corrected chi connectivity index (χ1v) is 8.47. The molecule has 2 aromatic carbocycles. The van der Waals surface area contributed by atoms with Crippen LogP contribution in [0, 0.1) is 0 Å². The van der Waals surface area contributed by atoms with E-state index in [0.717, 1.165) is 23.5 Å².